The zero-order valence-corrected chi connectivity index (χ0v) is 13.3. The van der Waals surface area contributed by atoms with Crippen LogP contribution in [0.3, 0.4) is 0 Å². The normalized spacial score (nSPS) is 10.3. The molecule has 0 aliphatic carbocycles. The average Bonchev–Trinajstić information content (AvgIpc) is 2.49. The number of benzene rings is 1. The molecule has 0 saturated carbocycles. The van der Waals surface area contributed by atoms with Crippen molar-refractivity contribution < 1.29 is 9.53 Å². The Morgan fingerprint density at radius 1 is 1.25 bits per heavy atom. The zero-order chi connectivity index (χ0) is 14.4. The molecule has 0 aliphatic rings. The monoisotopic (exact) mass is 352 g/mol. The molecule has 0 fully saturated rings. The SMILES string of the molecule is COC(=O)c1nccnc1CSCc1ccccc1Br. The molecule has 0 radical (unpaired) electrons. The van der Waals surface area contributed by atoms with E-state index < -0.39 is 5.97 Å². The minimum Gasteiger partial charge on any atom is -0.464 e. The molecule has 1 aromatic carbocycles. The van der Waals surface area contributed by atoms with E-state index in [1.54, 1.807) is 18.0 Å². The van der Waals surface area contributed by atoms with Gasteiger partial charge in [0.15, 0.2) is 5.69 Å². The van der Waals surface area contributed by atoms with Crippen LogP contribution in [0.4, 0.5) is 0 Å². The van der Waals surface area contributed by atoms with Crippen molar-refractivity contribution in [2.75, 3.05) is 7.11 Å². The van der Waals surface area contributed by atoms with E-state index in [0.29, 0.717) is 11.4 Å². The van der Waals surface area contributed by atoms with Crippen LogP contribution in [0.5, 0.6) is 0 Å². The second kappa shape index (κ2) is 7.40. The van der Waals surface area contributed by atoms with Gasteiger partial charge in [-0.2, -0.15) is 11.8 Å². The quantitative estimate of drug-likeness (QED) is 0.771. The van der Waals surface area contributed by atoms with Crippen LogP contribution in [-0.2, 0) is 16.2 Å². The number of ether oxygens (including phenoxy) is 1. The van der Waals surface area contributed by atoms with Gasteiger partial charge in [0.2, 0.25) is 0 Å². The van der Waals surface area contributed by atoms with E-state index in [4.69, 9.17) is 4.74 Å². The van der Waals surface area contributed by atoms with Crippen LogP contribution in [0.15, 0.2) is 41.1 Å². The second-order valence-corrected chi connectivity index (χ2v) is 5.77. The Morgan fingerprint density at radius 3 is 2.75 bits per heavy atom. The summed E-state index contributed by atoms with van der Waals surface area (Å²) in [7, 11) is 1.34. The first-order chi connectivity index (χ1) is 9.72. The minimum atomic E-state index is -0.449. The van der Waals surface area contributed by atoms with Crippen molar-refractivity contribution in [3.8, 4) is 0 Å². The summed E-state index contributed by atoms with van der Waals surface area (Å²) in [6.45, 7) is 0. The fourth-order valence-corrected chi connectivity index (χ4v) is 3.20. The first kappa shape index (κ1) is 15.0. The van der Waals surface area contributed by atoms with E-state index in [2.05, 4.69) is 32.0 Å². The van der Waals surface area contributed by atoms with Crippen LogP contribution in [0.25, 0.3) is 0 Å². The Labute approximate surface area is 130 Å². The van der Waals surface area contributed by atoms with Gasteiger partial charge in [0.1, 0.15) is 0 Å². The smallest absolute Gasteiger partial charge is 0.358 e. The molecule has 0 N–H and O–H groups in total. The molecule has 0 bridgehead atoms. The molecule has 1 heterocycles. The van der Waals surface area contributed by atoms with E-state index >= 15 is 0 Å². The number of rotatable bonds is 5. The van der Waals surface area contributed by atoms with Gasteiger partial charge in [-0.25, -0.2) is 9.78 Å². The third-order valence-corrected chi connectivity index (χ3v) is 4.37. The summed E-state index contributed by atoms with van der Waals surface area (Å²) in [6.07, 6.45) is 3.08. The Bertz CT molecular complexity index is 607. The molecule has 2 rings (SSSR count). The molecule has 6 heteroatoms. The van der Waals surface area contributed by atoms with Gasteiger partial charge in [-0.15, -0.1) is 0 Å². The molecular formula is C14H13BrN2O2S. The zero-order valence-electron chi connectivity index (χ0n) is 10.9. The van der Waals surface area contributed by atoms with Gasteiger partial charge in [0, 0.05) is 28.4 Å². The molecule has 0 spiro atoms. The molecule has 20 heavy (non-hydrogen) atoms. The number of carbonyl (C=O) groups is 1. The number of aromatic nitrogens is 2. The van der Waals surface area contributed by atoms with Gasteiger partial charge >= 0.3 is 5.97 Å². The highest BCUT2D eigenvalue weighted by Gasteiger charge is 2.14. The lowest BCUT2D eigenvalue weighted by Gasteiger charge is -2.06. The maximum Gasteiger partial charge on any atom is 0.358 e. The molecule has 4 nitrogen and oxygen atoms in total. The fourth-order valence-electron chi connectivity index (χ4n) is 1.61. The van der Waals surface area contributed by atoms with Crippen molar-refractivity contribution >= 4 is 33.7 Å². The third-order valence-electron chi connectivity index (χ3n) is 2.61. The molecule has 0 saturated heterocycles. The van der Waals surface area contributed by atoms with Gasteiger partial charge in [-0.1, -0.05) is 34.1 Å². The van der Waals surface area contributed by atoms with Gasteiger partial charge in [0.05, 0.1) is 12.8 Å². The van der Waals surface area contributed by atoms with E-state index in [1.807, 2.05) is 18.2 Å². The number of methoxy groups -OCH3 is 1. The van der Waals surface area contributed by atoms with Crippen molar-refractivity contribution in [2.24, 2.45) is 0 Å². The van der Waals surface area contributed by atoms with Crippen LogP contribution in [0.1, 0.15) is 21.7 Å². The third kappa shape index (κ3) is 3.80. The molecule has 104 valence electrons. The average molecular weight is 353 g/mol. The Balaban J connectivity index is 2.01. The predicted molar refractivity (Wildman–Crippen MR) is 82.5 cm³/mol. The summed E-state index contributed by atoms with van der Waals surface area (Å²) in [5, 5.41) is 0. The minimum absolute atomic E-state index is 0.287. The van der Waals surface area contributed by atoms with Crippen LogP contribution in [-0.4, -0.2) is 23.0 Å². The Hall–Kier alpha value is -1.40. The number of hydrogen-bond acceptors (Lipinski definition) is 5. The van der Waals surface area contributed by atoms with Crippen molar-refractivity contribution in [3.05, 3.63) is 58.1 Å². The molecule has 0 aliphatic heterocycles. The first-order valence-electron chi connectivity index (χ1n) is 5.91. The Morgan fingerprint density at radius 2 is 2.00 bits per heavy atom. The fraction of sp³-hybridized carbons (Fsp3) is 0.214. The Kier molecular flexibility index (Phi) is 5.55. The van der Waals surface area contributed by atoms with E-state index in [0.717, 1.165) is 10.2 Å². The van der Waals surface area contributed by atoms with Gasteiger partial charge in [-0.3, -0.25) is 4.98 Å². The van der Waals surface area contributed by atoms with Crippen molar-refractivity contribution in [1.82, 2.24) is 9.97 Å². The number of nitrogens with zero attached hydrogens (tertiary/aromatic N) is 2. The van der Waals surface area contributed by atoms with E-state index in [1.165, 1.54) is 18.9 Å². The molecule has 1 aromatic heterocycles. The standard InChI is InChI=1S/C14H13BrN2O2S/c1-19-14(18)13-12(16-6-7-17-13)9-20-8-10-4-2-3-5-11(10)15/h2-7H,8-9H2,1H3. The number of esters is 1. The van der Waals surface area contributed by atoms with Gasteiger partial charge < -0.3 is 4.74 Å². The van der Waals surface area contributed by atoms with Crippen LogP contribution < -0.4 is 0 Å². The van der Waals surface area contributed by atoms with Gasteiger partial charge in [0.25, 0.3) is 0 Å². The highest BCUT2D eigenvalue weighted by molar-refractivity contribution is 9.10. The highest BCUT2D eigenvalue weighted by atomic mass is 79.9. The first-order valence-corrected chi connectivity index (χ1v) is 7.86. The summed E-state index contributed by atoms with van der Waals surface area (Å²) in [4.78, 5) is 19.8. The molecule has 0 unspecified atom stereocenters. The topological polar surface area (TPSA) is 52.1 Å². The summed E-state index contributed by atoms with van der Waals surface area (Å²) in [5.41, 5.74) is 2.15. The van der Waals surface area contributed by atoms with Crippen LogP contribution in [0, 0.1) is 0 Å². The number of thioether (sulfide) groups is 1. The second-order valence-electron chi connectivity index (χ2n) is 3.93. The van der Waals surface area contributed by atoms with E-state index in [-0.39, 0.29) is 5.69 Å². The lowest BCUT2D eigenvalue weighted by molar-refractivity contribution is 0.0592. The predicted octanol–water partition coefficient (Wildman–Crippen LogP) is 3.46. The summed E-state index contributed by atoms with van der Waals surface area (Å²) in [5.74, 6) is 0.993. The molecular weight excluding hydrogens is 340 g/mol. The van der Waals surface area contributed by atoms with Crippen molar-refractivity contribution in [3.63, 3.8) is 0 Å². The van der Waals surface area contributed by atoms with E-state index in [9.17, 15) is 4.79 Å². The number of hydrogen-bond donors (Lipinski definition) is 0. The highest BCUT2D eigenvalue weighted by Crippen LogP contribution is 2.23. The van der Waals surface area contributed by atoms with Crippen molar-refractivity contribution in [2.45, 2.75) is 11.5 Å². The van der Waals surface area contributed by atoms with Gasteiger partial charge in [-0.05, 0) is 11.6 Å². The summed E-state index contributed by atoms with van der Waals surface area (Å²) < 4.78 is 5.79. The lowest BCUT2D eigenvalue weighted by atomic mass is 10.2. The lowest BCUT2D eigenvalue weighted by Crippen LogP contribution is -2.09. The van der Waals surface area contributed by atoms with Crippen LogP contribution >= 0.6 is 27.7 Å². The summed E-state index contributed by atoms with van der Waals surface area (Å²) in [6, 6.07) is 8.06. The maximum atomic E-state index is 11.6. The maximum absolute atomic E-state index is 11.6. The summed E-state index contributed by atoms with van der Waals surface area (Å²) >= 11 is 5.19. The number of halogens is 1. The molecule has 2 aromatic rings. The molecule has 0 amide bonds. The van der Waals surface area contributed by atoms with Crippen molar-refractivity contribution in [1.29, 1.82) is 0 Å². The van der Waals surface area contributed by atoms with Crippen LogP contribution in [0.2, 0.25) is 0 Å². The molecule has 0 atom stereocenters. The number of carbonyl (C=O) groups excluding carboxylic acids is 1. The largest absolute Gasteiger partial charge is 0.464 e.